The van der Waals surface area contributed by atoms with Crippen LogP contribution in [-0.2, 0) is 16.4 Å². The van der Waals surface area contributed by atoms with E-state index in [1.165, 1.54) is 0 Å². The summed E-state index contributed by atoms with van der Waals surface area (Å²) in [5, 5.41) is 7.12. The zero-order valence-corrected chi connectivity index (χ0v) is 11.7. The molecule has 1 aromatic rings. The molecule has 1 atom stereocenters. The molecule has 0 radical (unpaired) electrons. The number of nitrogens with zero attached hydrogens (tertiary/aromatic N) is 2. The lowest BCUT2D eigenvalue weighted by atomic mass is 10.1. The number of hydrogen-bond donors (Lipinski definition) is 1. The van der Waals surface area contributed by atoms with E-state index in [1.54, 1.807) is 0 Å². The molecule has 7 heteroatoms. The molecule has 1 aliphatic heterocycles. The highest BCUT2D eigenvalue weighted by Crippen LogP contribution is 2.26. The van der Waals surface area contributed by atoms with E-state index in [9.17, 15) is 8.42 Å². The van der Waals surface area contributed by atoms with Crippen molar-refractivity contribution in [1.29, 1.82) is 0 Å². The van der Waals surface area contributed by atoms with E-state index in [-0.39, 0.29) is 23.0 Å². The molecule has 1 unspecified atom stereocenters. The van der Waals surface area contributed by atoms with Gasteiger partial charge >= 0.3 is 0 Å². The lowest BCUT2D eigenvalue weighted by molar-refractivity contribution is 0.332. The first-order valence-electron chi connectivity index (χ1n) is 6.03. The maximum atomic E-state index is 11.4. The van der Waals surface area contributed by atoms with Gasteiger partial charge in [0.1, 0.15) is 0 Å². The Morgan fingerprint density at radius 2 is 2.17 bits per heavy atom. The summed E-state index contributed by atoms with van der Waals surface area (Å²) in [4.78, 5) is 4.26. The van der Waals surface area contributed by atoms with E-state index in [0.29, 0.717) is 24.7 Å². The molecule has 0 spiro atoms. The first-order valence-corrected chi connectivity index (χ1v) is 7.85. The van der Waals surface area contributed by atoms with Crippen molar-refractivity contribution in [2.45, 2.75) is 45.2 Å². The molecule has 102 valence electrons. The standard InChI is InChI=1S/C11H19N3O3S/c1-11(2,3)12-6-9-13-10(14-17-9)8-4-5-18(15,16)7-8/h8,12H,4-7H2,1-3H3. The first-order chi connectivity index (χ1) is 8.25. The summed E-state index contributed by atoms with van der Waals surface area (Å²) in [6.45, 7) is 6.64. The molecule has 2 rings (SSSR count). The molecule has 1 aliphatic rings. The Morgan fingerprint density at radius 3 is 2.72 bits per heavy atom. The van der Waals surface area contributed by atoms with E-state index in [0.717, 1.165) is 0 Å². The van der Waals surface area contributed by atoms with Crippen molar-refractivity contribution in [2.24, 2.45) is 0 Å². The molecule has 0 saturated carbocycles. The second-order valence-electron chi connectivity index (χ2n) is 5.75. The molecule has 1 aromatic heterocycles. The molecule has 6 nitrogen and oxygen atoms in total. The van der Waals surface area contributed by atoms with Crippen LogP contribution < -0.4 is 5.32 Å². The topological polar surface area (TPSA) is 85.1 Å². The zero-order chi connectivity index (χ0) is 13.4. The highest BCUT2D eigenvalue weighted by Gasteiger charge is 2.32. The van der Waals surface area contributed by atoms with Gasteiger partial charge in [0.05, 0.1) is 18.1 Å². The summed E-state index contributed by atoms with van der Waals surface area (Å²) in [5.41, 5.74) is -0.0225. The average molecular weight is 273 g/mol. The molecule has 1 fully saturated rings. The van der Waals surface area contributed by atoms with Crippen LogP contribution >= 0.6 is 0 Å². The summed E-state index contributed by atoms with van der Waals surface area (Å²) < 4.78 is 27.9. The van der Waals surface area contributed by atoms with E-state index < -0.39 is 9.84 Å². The van der Waals surface area contributed by atoms with Crippen LogP contribution in [0.1, 0.15) is 44.8 Å². The van der Waals surface area contributed by atoms with E-state index in [1.807, 2.05) is 20.8 Å². The third-order valence-electron chi connectivity index (χ3n) is 2.85. The molecule has 0 aliphatic carbocycles. The molecule has 1 saturated heterocycles. The van der Waals surface area contributed by atoms with Gasteiger partial charge in [-0.15, -0.1) is 0 Å². The average Bonchev–Trinajstić information content (AvgIpc) is 2.80. The Kier molecular flexibility index (Phi) is 3.46. The van der Waals surface area contributed by atoms with E-state index >= 15 is 0 Å². The second kappa shape index (κ2) is 4.62. The lowest BCUT2D eigenvalue weighted by Crippen LogP contribution is -2.35. The minimum Gasteiger partial charge on any atom is -0.338 e. The van der Waals surface area contributed by atoms with Crippen molar-refractivity contribution in [3.8, 4) is 0 Å². The summed E-state index contributed by atoms with van der Waals surface area (Å²) in [6, 6.07) is 0. The fraction of sp³-hybridized carbons (Fsp3) is 0.818. The normalized spacial score (nSPS) is 23.4. The molecule has 2 heterocycles. The monoisotopic (exact) mass is 273 g/mol. The van der Waals surface area contributed by atoms with Crippen LogP contribution in [-0.4, -0.2) is 35.6 Å². The molecule has 0 aromatic carbocycles. The van der Waals surface area contributed by atoms with Crippen LogP contribution in [0.15, 0.2) is 4.52 Å². The summed E-state index contributed by atoms with van der Waals surface area (Å²) in [6.07, 6.45) is 0.591. The lowest BCUT2D eigenvalue weighted by Gasteiger charge is -2.18. The Morgan fingerprint density at radius 1 is 1.44 bits per heavy atom. The molecular weight excluding hydrogens is 254 g/mol. The van der Waals surface area contributed by atoms with Gasteiger partial charge in [0, 0.05) is 11.5 Å². The van der Waals surface area contributed by atoms with Crippen LogP contribution in [0.3, 0.4) is 0 Å². The number of rotatable bonds is 3. The van der Waals surface area contributed by atoms with Gasteiger partial charge in [-0.25, -0.2) is 8.42 Å². The van der Waals surface area contributed by atoms with Crippen LogP contribution in [0, 0.1) is 0 Å². The summed E-state index contributed by atoms with van der Waals surface area (Å²) in [5.74, 6) is 1.27. The van der Waals surface area contributed by atoms with Crippen LogP contribution in [0.25, 0.3) is 0 Å². The second-order valence-corrected chi connectivity index (χ2v) is 7.98. The smallest absolute Gasteiger partial charge is 0.240 e. The van der Waals surface area contributed by atoms with Gasteiger partial charge in [0.2, 0.25) is 5.89 Å². The number of hydrogen-bond acceptors (Lipinski definition) is 6. The minimum absolute atomic E-state index is 0.0225. The molecule has 1 N–H and O–H groups in total. The molecule has 0 amide bonds. The van der Waals surface area contributed by atoms with Crippen molar-refractivity contribution < 1.29 is 12.9 Å². The van der Waals surface area contributed by atoms with Crippen LogP contribution in [0.5, 0.6) is 0 Å². The molecule has 0 bridgehead atoms. The van der Waals surface area contributed by atoms with Crippen LogP contribution in [0.2, 0.25) is 0 Å². The summed E-state index contributed by atoms with van der Waals surface area (Å²) in [7, 11) is -2.91. The Labute approximate surface area is 107 Å². The van der Waals surface area contributed by atoms with Gasteiger partial charge in [0.25, 0.3) is 0 Å². The van der Waals surface area contributed by atoms with Gasteiger partial charge in [0.15, 0.2) is 15.7 Å². The maximum absolute atomic E-state index is 11.4. The SMILES string of the molecule is CC(C)(C)NCc1nc(C2CCS(=O)(=O)C2)no1. The van der Waals surface area contributed by atoms with Crippen molar-refractivity contribution in [3.05, 3.63) is 11.7 Å². The van der Waals surface area contributed by atoms with Crippen molar-refractivity contribution >= 4 is 9.84 Å². The van der Waals surface area contributed by atoms with Gasteiger partial charge in [-0.1, -0.05) is 5.16 Å². The minimum atomic E-state index is -2.91. The van der Waals surface area contributed by atoms with Crippen molar-refractivity contribution in [1.82, 2.24) is 15.5 Å². The van der Waals surface area contributed by atoms with E-state index in [4.69, 9.17) is 4.52 Å². The van der Waals surface area contributed by atoms with Gasteiger partial charge in [-0.2, -0.15) is 4.98 Å². The van der Waals surface area contributed by atoms with E-state index in [2.05, 4.69) is 15.5 Å². The number of nitrogens with one attached hydrogen (secondary N) is 1. The predicted molar refractivity (Wildman–Crippen MR) is 66.9 cm³/mol. The van der Waals surface area contributed by atoms with Gasteiger partial charge < -0.3 is 9.84 Å². The number of aromatic nitrogens is 2. The first kappa shape index (κ1) is 13.5. The quantitative estimate of drug-likeness (QED) is 0.879. The van der Waals surface area contributed by atoms with Gasteiger partial charge in [-0.05, 0) is 27.2 Å². The maximum Gasteiger partial charge on any atom is 0.240 e. The van der Waals surface area contributed by atoms with Crippen molar-refractivity contribution in [2.75, 3.05) is 11.5 Å². The summed E-state index contributed by atoms with van der Waals surface area (Å²) >= 11 is 0. The molecule has 18 heavy (non-hydrogen) atoms. The van der Waals surface area contributed by atoms with Crippen LogP contribution in [0.4, 0.5) is 0 Å². The fourth-order valence-electron chi connectivity index (χ4n) is 1.85. The van der Waals surface area contributed by atoms with Gasteiger partial charge in [-0.3, -0.25) is 0 Å². The molecular formula is C11H19N3O3S. The highest BCUT2D eigenvalue weighted by molar-refractivity contribution is 7.91. The Balaban J connectivity index is 1.99. The Bertz CT molecular complexity index is 516. The number of sulfone groups is 1. The predicted octanol–water partition coefficient (Wildman–Crippen LogP) is 0.860. The third-order valence-corrected chi connectivity index (χ3v) is 4.62. The van der Waals surface area contributed by atoms with Crippen molar-refractivity contribution in [3.63, 3.8) is 0 Å². The third kappa shape index (κ3) is 3.52. The Hall–Kier alpha value is -0.950. The highest BCUT2D eigenvalue weighted by atomic mass is 32.2. The largest absolute Gasteiger partial charge is 0.338 e. The fourth-order valence-corrected chi connectivity index (χ4v) is 3.58. The zero-order valence-electron chi connectivity index (χ0n) is 10.9.